The Hall–Kier alpha value is -0.530. The van der Waals surface area contributed by atoms with Gasteiger partial charge in [-0.05, 0) is 49.8 Å². The lowest BCUT2D eigenvalue weighted by atomic mass is 9.95. The monoisotopic (exact) mass is 226 g/mol. The number of aryl methyl sites for hydroxylation is 1. The first-order valence-electron chi connectivity index (χ1n) is 5.42. The standard InChI is InChI=1S/C13H19ClO/c1-9(6-11(3)15)7-12-4-5-13(14)10(2)8-12/h4-5,8-9,11,15H,6-7H2,1-3H3. The highest BCUT2D eigenvalue weighted by Crippen LogP contribution is 2.19. The summed E-state index contributed by atoms with van der Waals surface area (Å²) in [5.41, 5.74) is 2.42. The van der Waals surface area contributed by atoms with Crippen LogP contribution < -0.4 is 0 Å². The summed E-state index contributed by atoms with van der Waals surface area (Å²) in [4.78, 5) is 0. The molecule has 2 heteroatoms. The predicted molar refractivity (Wildman–Crippen MR) is 65.4 cm³/mol. The van der Waals surface area contributed by atoms with E-state index in [0.29, 0.717) is 5.92 Å². The smallest absolute Gasteiger partial charge is 0.0514 e. The number of hydrogen-bond donors (Lipinski definition) is 1. The minimum atomic E-state index is -0.214. The molecule has 0 spiro atoms. The molecule has 0 bridgehead atoms. The van der Waals surface area contributed by atoms with Crippen LogP contribution in [0.1, 0.15) is 31.4 Å². The van der Waals surface area contributed by atoms with E-state index in [1.165, 1.54) is 5.56 Å². The molecule has 84 valence electrons. The fourth-order valence-corrected chi connectivity index (χ4v) is 2.02. The Morgan fingerprint density at radius 1 is 1.33 bits per heavy atom. The minimum absolute atomic E-state index is 0.214. The Kier molecular flexibility index (Phi) is 4.62. The Labute approximate surface area is 97.1 Å². The third kappa shape index (κ3) is 4.23. The number of aliphatic hydroxyl groups is 1. The van der Waals surface area contributed by atoms with E-state index in [1.54, 1.807) is 0 Å². The number of aliphatic hydroxyl groups excluding tert-OH is 1. The first kappa shape index (κ1) is 12.5. The zero-order chi connectivity index (χ0) is 11.4. The van der Waals surface area contributed by atoms with Gasteiger partial charge in [0.2, 0.25) is 0 Å². The van der Waals surface area contributed by atoms with Crippen LogP contribution in [0.15, 0.2) is 18.2 Å². The summed E-state index contributed by atoms with van der Waals surface area (Å²) in [6.07, 6.45) is 1.64. The molecule has 1 N–H and O–H groups in total. The topological polar surface area (TPSA) is 20.2 Å². The van der Waals surface area contributed by atoms with Gasteiger partial charge in [-0.2, -0.15) is 0 Å². The molecule has 1 rings (SSSR count). The molecule has 1 aromatic carbocycles. The molecule has 0 aliphatic heterocycles. The summed E-state index contributed by atoms with van der Waals surface area (Å²) in [5, 5.41) is 10.1. The van der Waals surface area contributed by atoms with E-state index in [1.807, 2.05) is 19.9 Å². The van der Waals surface area contributed by atoms with Crippen molar-refractivity contribution in [3.05, 3.63) is 34.3 Å². The van der Waals surface area contributed by atoms with Crippen LogP contribution in [-0.2, 0) is 6.42 Å². The van der Waals surface area contributed by atoms with Gasteiger partial charge in [-0.25, -0.2) is 0 Å². The van der Waals surface area contributed by atoms with Crippen LogP contribution in [0.4, 0.5) is 0 Å². The van der Waals surface area contributed by atoms with E-state index in [-0.39, 0.29) is 6.10 Å². The fourth-order valence-electron chi connectivity index (χ4n) is 1.90. The van der Waals surface area contributed by atoms with Crippen molar-refractivity contribution in [3.8, 4) is 0 Å². The number of benzene rings is 1. The van der Waals surface area contributed by atoms with Gasteiger partial charge in [0.1, 0.15) is 0 Å². The van der Waals surface area contributed by atoms with Crippen LogP contribution in [-0.4, -0.2) is 11.2 Å². The summed E-state index contributed by atoms with van der Waals surface area (Å²) in [6, 6.07) is 6.13. The molecule has 1 aromatic rings. The molecule has 0 saturated heterocycles. The van der Waals surface area contributed by atoms with Crippen molar-refractivity contribution in [3.63, 3.8) is 0 Å². The molecule has 2 atom stereocenters. The van der Waals surface area contributed by atoms with E-state index in [9.17, 15) is 5.11 Å². The lowest BCUT2D eigenvalue weighted by Gasteiger charge is -2.13. The first-order chi connectivity index (χ1) is 6.99. The summed E-state index contributed by atoms with van der Waals surface area (Å²) in [5.74, 6) is 0.505. The van der Waals surface area contributed by atoms with Crippen LogP contribution in [0.2, 0.25) is 5.02 Å². The lowest BCUT2D eigenvalue weighted by Crippen LogP contribution is -2.09. The third-order valence-electron chi connectivity index (χ3n) is 2.55. The van der Waals surface area contributed by atoms with E-state index < -0.39 is 0 Å². The Bertz CT molecular complexity index is 320. The van der Waals surface area contributed by atoms with Crippen molar-refractivity contribution in [1.82, 2.24) is 0 Å². The van der Waals surface area contributed by atoms with Gasteiger partial charge >= 0.3 is 0 Å². The molecule has 2 unspecified atom stereocenters. The average molecular weight is 227 g/mol. The van der Waals surface area contributed by atoms with Crippen LogP contribution >= 0.6 is 11.6 Å². The summed E-state index contributed by atoms with van der Waals surface area (Å²) < 4.78 is 0. The van der Waals surface area contributed by atoms with Gasteiger partial charge in [0.15, 0.2) is 0 Å². The minimum Gasteiger partial charge on any atom is -0.393 e. The maximum absolute atomic E-state index is 9.28. The van der Waals surface area contributed by atoms with Crippen LogP contribution in [0.5, 0.6) is 0 Å². The molecular weight excluding hydrogens is 208 g/mol. The second kappa shape index (κ2) is 5.53. The van der Waals surface area contributed by atoms with Gasteiger partial charge in [0.05, 0.1) is 6.10 Å². The molecule has 1 nitrogen and oxygen atoms in total. The van der Waals surface area contributed by atoms with E-state index >= 15 is 0 Å². The van der Waals surface area contributed by atoms with Gasteiger partial charge in [-0.15, -0.1) is 0 Å². The van der Waals surface area contributed by atoms with Crippen LogP contribution in [0.25, 0.3) is 0 Å². The van der Waals surface area contributed by atoms with E-state index in [2.05, 4.69) is 19.1 Å². The largest absolute Gasteiger partial charge is 0.393 e. The molecule has 0 radical (unpaired) electrons. The van der Waals surface area contributed by atoms with Crippen molar-refractivity contribution in [2.45, 2.75) is 39.7 Å². The average Bonchev–Trinajstić information content (AvgIpc) is 2.10. The highest BCUT2D eigenvalue weighted by atomic mass is 35.5. The van der Waals surface area contributed by atoms with Crippen molar-refractivity contribution in [2.75, 3.05) is 0 Å². The number of hydrogen-bond acceptors (Lipinski definition) is 1. The third-order valence-corrected chi connectivity index (χ3v) is 2.97. The summed E-state index contributed by atoms with van der Waals surface area (Å²) in [6.45, 7) is 6.02. The fraction of sp³-hybridized carbons (Fsp3) is 0.538. The van der Waals surface area contributed by atoms with Gasteiger partial charge < -0.3 is 5.11 Å². The van der Waals surface area contributed by atoms with Gasteiger partial charge in [0, 0.05) is 5.02 Å². The number of halogens is 1. The maximum atomic E-state index is 9.28. The van der Waals surface area contributed by atoms with Crippen molar-refractivity contribution >= 4 is 11.6 Å². The maximum Gasteiger partial charge on any atom is 0.0514 e. The predicted octanol–water partition coefficient (Wildman–Crippen LogP) is 3.60. The van der Waals surface area contributed by atoms with Gasteiger partial charge in [-0.1, -0.05) is 30.7 Å². The SMILES string of the molecule is Cc1cc(CC(C)CC(C)O)ccc1Cl. The zero-order valence-corrected chi connectivity index (χ0v) is 10.4. The highest BCUT2D eigenvalue weighted by Gasteiger charge is 2.07. The van der Waals surface area contributed by atoms with Crippen LogP contribution in [0, 0.1) is 12.8 Å². The molecule has 0 aliphatic carbocycles. The molecule has 0 fully saturated rings. The summed E-state index contributed by atoms with van der Waals surface area (Å²) >= 11 is 5.96. The molecule has 15 heavy (non-hydrogen) atoms. The Morgan fingerprint density at radius 2 is 2.00 bits per heavy atom. The van der Waals surface area contributed by atoms with Gasteiger partial charge in [0.25, 0.3) is 0 Å². The van der Waals surface area contributed by atoms with E-state index in [0.717, 1.165) is 23.4 Å². The lowest BCUT2D eigenvalue weighted by molar-refractivity contribution is 0.164. The second-order valence-electron chi connectivity index (χ2n) is 4.48. The molecule has 0 amide bonds. The van der Waals surface area contributed by atoms with Gasteiger partial charge in [-0.3, -0.25) is 0 Å². The number of rotatable bonds is 4. The molecule has 0 aliphatic rings. The Balaban J connectivity index is 2.60. The Morgan fingerprint density at radius 3 is 2.53 bits per heavy atom. The first-order valence-corrected chi connectivity index (χ1v) is 5.80. The van der Waals surface area contributed by atoms with E-state index in [4.69, 9.17) is 11.6 Å². The van der Waals surface area contributed by atoms with Crippen LogP contribution in [0.3, 0.4) is 0 Å². The summed E-state index contributed by atoms with van der Waals surface area (Å²) in [7, 11) is 0. The van der Waals surface area contributed by atoms with Crippen molar-refractivity contribution in [1.29, 1.82) is 0 Å². The molecular formula is C13H19ClO. The zero-order valence-electron chi connectivity index (χ0n) is 9.63. The highest BCUT2D eigenvalue weighted by molar-refractivity contribution is 6.31. The normalized spacial score (nSPS) is 15.0. The van der Waals surface area contributed by atoms with Crippen molar-refractivity contribution in [2.24, 2.45) is 5.92 Å². The second-order valence-corrected chi connectivity index (χ2v) is 4.88. The molecule has 0 aromatic heterocycles. The molecule has 0 heterocycles. The molecule has 0 saturated carbocycles. The van der Waals surface area contributed by atoms with Crippen molar-refractivity contribution < 1.29 is 5.11 Å². The quantitative estimate of drug-likeness (QED) is 0.832.